The van der Waals surface area contributed by atoms with Gasteiger partial charge in [-0.1, -0.05) is 29.5 Å². The molecule has 0 amide bonds. The summed E-state index contributed by atoms with van der Waals surface area (Å²) in [4.78, 5) is 20.5. The minimum absolute atomic E-state index is 0.0546. The van der Waals surface area contributed by atoms with Crippen LogP contribution in [0, 0.1) is 0 Å². The Hall–Kier alpha value is -2.93. The van der Waals surface area contributed by atoms with Crippen molar-refractivity contribution in [3.63, 3.8) is 0 Å². The van der Waals surface area contributed by atoms with Gasteiger partial charge in [-0.2, -0.15) is 0 Å². The van der Waals surface area contributed by atoms with Gasteiger partial charge >= 0.3 is 4.87 Å². The number of anilines is 2. The number of aromatic hydroxyl groups is 1. The number of aromatic nitrogens is 2. The number of piperidine rings is 1. The summed E-state index contributed by atoms with van der Waals surface area (Å²) in [5.41, 5.74) is 2.78. The average molecular weight is 520 g/mol. The zero-order valence-electron chi connectivity index (χ0n) is 19.3. The van der Waals surface area contributed by atoms with Gasteiger partial charge in [0.2, 0.25) is 15.9 Å². The summed E-state index contributed by atoms with van der Waals surface area (Å²) < 4.78 is 24.8. The lowest BCUT2D eigenvalue weighted by Gasteiger charge is -2.34. The van der Waals surface area contributed by atoms with Crippen molar-refractivity contribution in [3.05, 3.63) is 68.3 Å². The van der Waals surface area contributed by atoms with Crippen molar-refractivity contribution in [1.82, 2.24) is 15.3 Å². The van der Waals surface area contributed by atoms with E-state index in [0.717, 1.165) is 54.8 Å². The number of hydrogen-bond acceptors (Lipinski definition) is 9. The molecule has 1 aliphatic rings. The molecule has 5 N–H and O–H groups in total. The van der Waals surface area contributed by atoms with Crippen molar-refractivity contribution in [3.8, 4) is 5.88 Å². The van der Waals surface area contributed by atoms with Crippen molar-refractivity contribution >= 4 is 32.9 Å². The zero-order valence-corrected chi connectivity index (χ0v) is 20.9. The number of thiazole rings is 1. The van der Waals surface area contributed by atoms with E-state index in [2.05, 4.69) is 37.0 Å². The Morgan fingerprint density at radius 2 is 1.91 bits per heavy atom. The maximum absolute atomic E-state index is 11.4. The largest absolute Gasteiger partial charge is 0.494 e. The highest BCUT2D eigenvalue weighted by atomic mass is 32.2. The Labute approximate surface area is 207 Å². The Morgan fingerprint density at radius 1 is 1.20 bits per heavy atom. The number of rotatable bonds is 9. The number of aromatic amines is 1. The zero-order chi connectivity index (χ0) is 25.0. The van der Waals surface area contributed by atoms with Crippen molar-refractivity contribution < 1.29 is 18.6 Å². The van der Waals surface area contributed by atoms with Crippen LogP contribution in [0.1, 0.15) is 34.9 Å². The summed E-state index contributed by atoms with van der Waals surface area (Å²) >= 11 is 1.02. The molecule has 1 aliphatic heterocycles. The number of pyridine rings is 1. The molecule has 1 unspecified atom stereocenters. The van der Waals surface area contributed by atoms with Crippen LogP contribution in [0.3, 0.4) is 0 Å². The van der Waals surface area contributed by atoms with Gasteiger partial charge in [0.15, 0.2) is 0 Å². The van der Waals surface area contributed by atoms with Crippen LogP contribution >= 0.6 is 11.3 Å². The van der Waals surface area contributed by atoms with E-state index in [-0.39, 0.29) is 16.6 Å². The molecule has 35 heavy (non-hydrogen) atoms. The molecule has 12 heteroatoms. The summed E-state index contributed by atoms with van der Waals surface area (Å²) in [5.74, 6) is 0.164. The SMILES string of the molecule is CS(=O)(=O)Nc1ccc(C(O)CNC2CCN(c3ccc(Cc4sc(=O)[nH]c4O)cc3)CC2)cn1. The van der Waals surface area contributed by atoms with Gasteiger partial charge in [-0.05, 0) is 36.6 Å². The third-order valence-corrected chi connectivity index (χ3v) is 7.37. The van der Waals surface area contributed by atoms with E-state index in [0.29, 0.717) is 29.4 Å². The van der Waals surface area contributed by atoms with Gasteiger partial charge in [-0.15, -0.1) is 0 Å². The molecule has 0 saturated carbocycles. The minimum Gasteiger partial charge on any atom is -0.494 e. The first-order chi connectivity index (χ1) is 16.7. The molecule has 4 rings (SSSR count). The maximum Gasteiger partial charge on any atom is 0.307 e. The first kappa shape index (κ1) is 25.2. The quantitative estimate of drug-likeness (QED) is 0.287. The molecule has 2 aromatic heterocycles. The summed E-state index contributed by atoms with van der Waals surface area (Å²) in [6, 6.07) is 11.7. The number of hydrogen-bond donors (Lipinski definition) is 5. The molecule has 1 saturated heterocycles. The van der Waals surface area contributed by atoms with Gasteiger partial charge < -0.3 is 20.4 Å². The summed E-state index contributed by atoms with van der Waals surface area (Å²) in [5, 5.41) is 23.7. The number of aliphatic hydroxyl groups excluding tert-OH is 1. The van der Waals surface area contributed by atoms with Crippen LogP contribution in [0.2, 0.25) is 0 Å². The molecule has 1 aromatic carbocycles. The highest BCUT2D eigenvalue weighted by Gasteiger charge is 2.20. The molecule has 0 aliphatic carbocycles. The molecule has 3 heterocycles. The van der Waals surface area contributed by atoms with Crippen molar-refractivity contribution in [2.75, 3.05) is 35.5 Å². The van der Waals surface area contributed by atoms with E-state index in [1.54, 1.807) is 6.07 Å². The van der Waals surface area contributed by atoms with E-state index in [4.69, 9.17) is 0 Å². The fourth-order valence-corrected chi connectivity index (χ4v) is 5.33. The first-order valence-corrected chi connectivity index (χ1v) is 14.0. The topological polar surface area (TPSA) is 148 Å². The normalized spacial score (nSPS) is 15.8. The molecule has 188 valence electrons. The second-order valence-electron chi connectivity index (χ2n) is 8.67. The van der Waals surface area contributed by atoms with Crippen LogP contribution in [0.5, 0.6) is 5.88 Å². The molecule has 0 spiro atoms. The Bertz CT molecular complexity index is 1280. The van der Waals surface area contributed by atoms with Crippen LogP contribution in [0.4, 0.5) is 11.5 Å². The lowest BCUT2D eigenvalue weighted by molar-refractivity contribution is 0.167. The molecule has 1 fully saturated rings. The van der Waals surface area contributed by atoms with E-state index >= 15 is 0 Å². The van der Waals surface area contributed by atoms with Crippen LogP contribution in [0.15, 0.2) is 47.4 Å². The number of H-pyrrole nitrogens is 1. The van der Waals surface area contributed by atoms with Gasteiger partial charge in [0.1, 0.15) is 5.82 Å². The third-order valence-electron chi connectivity index (χ3n) is 5.92. The van der Waals surface area contributed by atoms with Crippen LogP contribution in [-0.2, 0) is 16.4 Å². The second-order valence-corrected chi connectivity index (χ2v) is 11.5. The lowest BCUT2D eigenvalue weighted by Crippen LogP contribution is -2.43. The highest BCUT2D eigenvalue weighted by Crippen LogP contribution is 2.24. The summed E-state index contributed by atoms with van der Waals surface area (Å²) in [6.45, 7) is 2.17. The number of benzene rings is 1. The Balaban J connectivity index is 1.23. The van der Waals surface area contributed by atoms with Gasteiger partial charge in [0.25, 0.3) is 0 Å². The average Bonchev–Trinajstić information content (AvgIpc) is 3.14. The molecule has 0 bridgehead atoms. The third kappa shape index (κ3) is 7.04. The number of nitrogens with one attached hydrogen (secondary N) is 3. The van der Waals surface area contributed by atoms with E-state index in [9.17, 15) is 23.4 Å². The van der Waals surface area contributed by atoms with Crippen LogP contribution in [-0.4, -0.2) is 60.5 Å². The van der Waals surface area contributed by atoms with Crippen molar-refractivity contribution in [2.45, 2.75) is 31.4 Å². The van der Waals surface area contributed by atoms with Crippen molar-refractivity contribution in [1.29, 1.82) is 0 Å². The summed E-state index contributed by atoms with van der Waals surface area (Å²) in [6.07, 6.45) is 4.19. The fourth-order valence-electron chi connectivity index (χ4n) is 4.07. The minimum atomic E-state index is -3.39. The predicted octanol–water partition coefficient (Wildman–Crippen LogP) is 1.79. The molecule has 3 aromatic rings. The van der Waals surface area contributed by atoms with Crippen LogP contribution in [0.25, 0.3) is 0 Å². The van der Waals surface area contributed by atoms with Crippen LogP contribution < -0.4 is 19.8 Å². The first-order valence-electron chi connectivity index (χ1n) is 11.3. The molecule has 1 atom stereocenters. The standard InChI is InChI=1S/C23H29N5O5S2/c1-35(32,33)27-21-7-4-16(13-25-21)19(29)14-24-17-8-10-28(11-9-17)18-5-2-15(3-6-18)12-20-22(30)26-23(31)34-20/h2-7,13,17,19,24,29-30H,8-12,14H2,1H3,(H,25,27)(H,26,31). The number of nitrogens with zero attached hydrogens (tertiary/aromatic N) is 2. The maximum atomic E-state index is 11.4. The smallest absolute Gasteiger partial charge is 0.307 e. The molecular formula is C23H29N5O5S2. The summed E-state index contributed by atoms with van der Waals surface area (Å²) in [7, 11) is -3.39. The van der Waals surface area contributed by atoms with E-state index in [1.165, 1.54) is 12.3 Å². The molecular weight excluding hydrogens is 490 g/mol. The lowest BCUT2D eigenvalue weighted by atomic mass is 10.0. The van der Waals surface area contributed by atoms with Gasteiger partial charge in [-0.3, -0.25) is 14.5 Å². The van der Waals surface area contributed by atoms with Gasteiger partial charge in [-0.25, -0.2) is 13.4 Å². The Kier molecular flexibility index (Phi) is 7.75. The van der Waals surface area contributed by atoms with E-state index in [1.807, 2.05) is 12.1 Å². The van der Waals surface area contributed by atoms with E-state index < -0.39 is 16.1 Å². The van der Waals surface area contributed by atoms with Gasteiger partial charge in [0, 0.05) is 49.5 Å². The molecule has 10 nitrogen and oxygen atoms in total. The second kappa shape index (κ2) is 10.8. The monoisotopic (exact) mass is 519 g/mol. The number of sulfonamides is 1. The fraction of sp³-hybridized carbons (Fsp3) is 0.391. The molecule has 0 radical (unpaired) electrons. The number of aliphatic hydroxyl groups is 1. The predicted molar refractivity (Wildman–Crippen MR) is 137 cm³/mol. The van der Waals surface area contributed by atoms with Gasteiger partial charge in [0.05, 0.1) is 17.2 Å². The highest BCUT2D eigenvalue weighted by molar-refractivity contribution is 7.92. The Morgan fingerprint density at radius 3 is 2.49 bits per heavy atom. The van der Waals surface area contributed by atoms with Crippen molar-refractivity contribution in [2.24, 2.45) is 0 Å².